The summed E-state index contributed by atoms with van der Waals surface area (Å²) in [5.41, 5.74) is 1.32. The maximum atomic E-state index is 4.81. The van der Waals surface area contributed by atoms with E-state index in [-0.39, 0.29) is 0 Å². The summed E-state index contributed by atoms with van der Waals surface area (Å²) >= 11 is 1.90. The van der Waals surface area contributed by atoms with Crippen molar-refractivity contribution in [1.29, 1.82) is 0 Å². The van der Waals surface area contributed by atoms with E-state index in [2.05, 4.69) is 19.2 Å². The second kappa shape index (κ2) is 6.53. The zero-order chi connectivity index (χ0) is 12.1. The van der Waals surface area contributed by atoms with E-state index < -0.39 is 0 Å². The molecule has 0 bridgehead atoms. The van der Waals surface area contributed by atoms with Crippen molar-refractivity contribution in [3.8, 4) is 0 Å². The fourth-order valence-corrected chi connectivity index (χ4v) is 4.01. The van der Waals surface area contributed by atoms with Crippen molar-refractivity contribution in [2.24, 2.45) is 5.92 Å². The predicted molar refractivity (Wildman–Crippen MR) is 75.7 cm³/mol. The number of nitrogens with zero attached hydrogens (tertiary/aromatic N) is 1. The monoisotopic (exact) mass is 251 g/mol. The van der Waals surface area contributed by atoms with Crippen LogP contribution in [0.2, 0.25) is 0 Å². The molecule has 0 aliphatic heterocycles. The maximum Gasteiger partial charge on any atom is 0.0959 e. The van der Waals surface area contributed by atoms with Crippen LogP contribution in [0.15, 0.2) is 5.38 Å². The number of hydrogen-bond acceptors (Lipinski definition) is 2. The van der Waals surface area contributed by atoms with Crippen LogP contribution in [-0.4, -0.2) is 4.98 Å². The summed E-state index contributed by atoms with van der Waals surface area (Å²) in [6.45, 7) is 4.54. The van der Waals surface area contributed by atoms with Gasteiger partial charge >= 0.3 is 0 Å². The summed E-state index contributed by atoms with van der Waals surface area (Å²) in [6, 6.07) is 0. The first-order chi connectivity index (χ1) is 8.33. The van der Waals surface area contributed by atoms with E-state index in [9.17, 15) is 0 Å². The standard InChI is InChI=1S/C15H25NS/c1-3-5-12-7-9-13(10-8-12)15-16-14(6-4-2)11-17-15/h11-13H,3-10H2,1-2H3. The SMILES string of the molecule is CCCc1csc(C2CCC(CCC)CC2)n1. The molecule has 0 N–H and O–H groups in total. The van der Waals surface area contributed by atoms with Crippen LogP contribution in [0, 0.1) is 5.92 Å². The molecule has 2 heteroatoms. The van der Waals surface area contributed by atoms with Crippen LogP contribution in [0.25, 0.3) is 0 Å². The minimum atomic E-state index is 0.777. The molecule has 1 aliphatic rings. The van der Waals surface area contributed by atoms with Gasteiger partial charge < -0.3 is 0 Å². The molecule has 1 aromatic rings. The number of hydrogen-bond donors (Lipinski definition) is 0. The molecule has 0 radical (unpaired) electrons. The second-order valence-corrected chi connectivity index (χ2v) is 6.32. The number of aromatic nitrogens is 1. The maximum absolute atomic E-state index is 4.81. The molecule has 96 valence electrons. The van der Waals surface area contributed by atoms with Crippen LogP contribution in [0.1, 0.15) is 75.4 Å². The molecule has 0 unspecified atom stereocenters. The zero-order valence-electron chi connectivity index (χ0n) is 11.2. The Bertz CT molecular complexity index is 323. The van der Waals surface area contributed by atoms with Gasteiger partial charge in [-0.1, -0.05) is 33.1 Å². The molecule has 17 heavy (non-hydrogen) atoms. The van der Waals surface area contributed by atoms with E-state index in [1.54, 1.807) is 0 Å². The van der Waals surface area contributed by atoms with E-state index >= 15 is 0 Å². The van der Waals surface area contributed by atoms with Gasteiger partial charge in [0.05, 0.1) is 10.7 Å². The lowest BCUT2D eigenvalue weighted by Crippen LogP contribution is -2.13. The lowest BCUT2D eigenvalue weighted by molar-refractivity contribution is 0.308. The molecule has 1 saturated carbocycles. The van der Waals surface area contributed by atoms with Crippen molar-refractivity contribution in [2.45, 2.75) is 71.1 Å². The van der Waals surface area contributed by atoms with Gasteiger partial charge in [-0.15, -0.1) is 11.3 Å². The van der Waals surface area contributed by atoms with Crippen molar-refractivity contribution >= 4 is 11.3 Å². The molecule has 1 aliphatic carbocycles. The van der Waals surface area contributed by atoms with E-state index in [0.717, 1.165) is 18.3 Å². The van der Waals surface area contributed by atoms with E-state index in [1.165, 1.54) is 55.6 Å². The molecular weight excluding hydrogens is 226 g/mol. The first-order valence-corrected chi connectivity index (χ1v) is 8.15. The molecule has 0 saturated heterocycles. The van der Waals surface area contributed by atoms with Gasteiger partial charge in [-0.25, -0.2) is 4.98 Å². The van der Waals surface area contributed by atoms with Crippen molar-refractivity contribution < 1.29 is 0 Å². The Hall–Kier alpha value is -0.370. The van der Waals surface area contributed by atoms with Crippen molar-refractivity contribution in [1.82, 2.24) is 4.98 Å². The molecule has 0 atom stereocenters. The Labute approximate surface area is 110 Å². The third-order valence-electron chi connectivity index (χ3n) is 3.97. The minimum Gasteiger partial charge on any atom is -0.246 e. The average molecular weight is 251 g/mol. The van der Waals surface area contributed by atoms with Gasteiger partial charge in [0.25, 0.3) is 0 Å². The summed E-state index contributed by atoms with van der Waals surface area (Å²) < 4.78 is 0. The molecule has 2 rings (SSSR count). The fourth-order valence-electron chi connectivity index (χ4n) is 2.99. The van der Waals surface area contributed by atoms with E-state index in [4.69, 9.17) is 4.98 Å². The number of thiazole rings is 1. The van der Waals surface area contributed by atoms with Crippen molar-refractivity contribution in [3.05, 3.63) is 16.1 Å². The van der Waals surface area contributed by atoms with Crippen LogP contribution in [0.3, 0.4) is 0 Å². The normalized spacial score (nSPS) is 25.1. The summed E-state index contributed by atoms with van der Waals surface area (Å²) in [4.78, 5) is 4.81. The van der Waals surface area contributed by atoms with Crippen LogP contribution in [0.5, 0.6) is 0 Å². The summed E-state index contributed by atoms with van der Waals surface area (Å²) in [6.07, 6.45) is 10.8. The molecule has 0 spiro atoms. The summed E-state index contributed by atoms with van der Waals surface area (Å²) in [5, 5.41) is 3.69. The van der Waals surface area contributed by atoms with Crippen molar-refractivity contribution in [2.75, 3.05) is 0 Å². The molecular formula is C15H25NS. The summed E-state index contributed by atoms with van der Waals surface area (Å²) in [5.74, 6) is 1.78. The van der Waals surface area contributed by atoms with Gasteiger partial charge in [0, 0.05) is 11.3 Å². The smallest absolute Gasteiger partial charge is 0.0959 e. The number of rotatable bonds is 5. The van der Waals surface area contributed by atoms with Gasteiger partial charge in [-0.3, -0.25) is 0 Å². The predicted octanol–water partition coefficient (Wildman–Crippen LogP) is 5.17. The molecule has 1 nitrogen and oxygen atoms in total. The molecule has 1 fully saturated rings. The van der Waals surface area contributed by atoms with Gasteiger partial charge in [0.15, 0.2) is 0 Å². The lowest BCUT2D eigenvalue weighted by Gasteiger charge is -2.26. The largest absolute Gasteiger partial charge is 0.246 e. The van der Waals surface area contributed by atoms with Gasteiger partial charge in [-0.2, -0.15) is 0 Å². The lowest BCUT2D eigenvalue weighted by atomic mass is 9.80. The van der Waals surface area contributed by atoms with E-state index in [1.807, 2.05) is 11.3 Å². The highest BCUT2D eigenvalue weighted by molar-refractivity contribution is 7.09. The Morgan fingerprint density at radius 2 is 1.94 bits per heavy atom. The Balaban J connectivity index is 1.86. The molecule has 1 heterocycles. The Morgan fingerprint density at radius 1 is 1.18 bits per heavy atom. The second-order valence-electron chi connectivity index (χ2n) is 5.43. The number of aryl methyl sites for hydroxylation is 1. The van der Waals surface area contributed by atoms with Gasteiger partial charge in [-0.05, 0) is 38.0 Å². The first kappa shape index (κ1) is 13.1. The summed E-state index contributed by atoms with van der Waals surface area (Å²) in [7, 11) is 0. The fraction of sp³-hybridized carbons (Fsp3) is 0.800. The molecule has 0 aromatic carbocycles. The minimum absolute atomic E-state index is 0.777. The van der Waals surface area contributed by atoms with Crippen LogP contribution in [0.4, 0.5) is 0 Å². The van der Waals surface area contributed by atoms with Crippen molar-refractivity contribution in [3.63, 3.8) is 0 Å². The highest BCUT2D eigenvalue weighted by atomic mass is 32.1. The quantitative estimate of drug-likeness (QED) is 0.703. The van der Waals surface area contributed by atoms with Crippen LogP contribution >= 0.6 is 11.3 Å². The third-order valence-corrected chi connectivity index (χ3v) is 5.02. The van der Waals surface area contributed by atoms with E-state index in [0.29, 0.717) is 0 Å². The topological polar surface area (TPSA) is 12.9 Å². The Morgan fingerprint density at radius 3 is 2.59 bits per heavy atom. The third kappa shape index (κ3) is 3.54. The zero-order valence-corrected chi connectivity index (χ0v) is 12.1. The highest BCUT2D eigenvalue weighted by Crippen LogP contribution is 2.38. The van der Waals surface area contributed by atoms with Crippen LogP contribution < -0.4 is 0 Å². The van der Waals surface area contributed by atoms with Gasteiger partial charge in [0.2, 0.25) is 0 Å². The first-order valence-electron chi connectivity index (χ1n) is 7.27. The average Bonchev–Trinajstić information content (AvgIpc) is 2.80. The molecule has 0 amide bonds. The van der Waals surface area contributed by atoms with Crippen LogP contribution in [-0.2, 0) is 6.42 Å². The van der Waals surface area contributed by atoms with Gasteiger partial charge in [0.1, 0.15) is 0 Å². The highest BCUT2D eigenvalue weighted by Gasteiger charge is 2.23. The Kier molecular flexibility index (Phi) is 5.02. The molecule has 1 aromatic heterocycles.